The number of rotatable bonds is 6. The first-order valence-corrected chi connectivity index (χ1v) is 7.49. The van der Waals surface area contributed by atoms with Crippen molar-refractivity contribution in [3.8, 4) is 0 Å². The van der Waals surface area contributed by atoms with Gasteiger partial charge in [0.05, 0.1) is 11.4 Å². The van der Waals surface area contributed by atoms with Gasteiger partial charge < -0.3 is 9.47 Å². The molecule has 0 spiro atoms. The van der Waals surface area contributed by atoms with E-state index in [0.29, 0.717) is 10.0 Å². The number of hydrogen-bond donors (Lipinski definition) is 1. The molecular formula is C11H16BrNO4S. The number of sulfonamides is 1. The Morgan fingerprint density at radius 2 is 1.94 bits per heavy atom. The van der Waals surface area contributed by atoms with Crippen LogP contribution in [0, 0.1) is 6.92 Å². The summed E-state index contributed by atoms with van der Waals surface area (Å²) in [4.78, 5) is 0.239. The standard InChI is InChI=1S/C11H16BrNO4S/c1-8-4-5-9(12)6-10(8)18(14,15)13-7-11(16-2)17-3/h4-6,11,13H,7H2,1-3H3. The van der Waals surface area contributed by atoms with Crippen molar-refractivity contribution >= 4 is 26.0 Å². The third-order valence-corrected chi connectivity index (χ3v) is 4.46. The zero-order valence-corrected chi connectivity index (χ0v) is 12.8. The maximum atomic E-state index is 12.1. The Labute approximate surface area is 116 Å². The molecule has 0 aromatic heterocycles. The van der Waals surface area contributed by atoms with Crippen LogP contribution in [0.5, 0.6) is 0 Å². The summed E-state index contributed by atoms with van der Waals surface area (Å²) in [6, 6.07) is 5.09. The Morgan fingerprint density at radius 1 is 1.33 bits per heavy atom. The van der Waals surface area contributed by atoms with Crippen LogP contribution in [0.25, 0.3) is 0 Å². The lowest BCUT2D eigenvalue weighted by molar-refractivity contribution is -0.0960. The second-order valence-corrected chi connectivity index (χ2v) is 6.31. The number of halogens is 1. The van der Waals surface area contributed by atoms with Gasteiger partial charge in [0, 0.05) is 18.7 Å². The van der Waals surface area contributed by atoms with E-state index in [1.54, 1.807) is 25.1 Å². The van der Waals surface area contributed by atoms with Crippen molar-refractivity contribution in [2.75, 3.05) is 20.8 Å². The molecule has 7 heteroatoms. The van der Waals surface area contributed by atoms with Gasteiger partial charge >= 0.3 is 0 Å². The minimum absolute atomic E-state index is 0.0568. The molecule has 1 rings (SSSR count). The third kappa shape index (κ3) is 4.03. The third-order valence-electron chi connectivity index (χ3n) is 2.41. The molecule has 18 heavy (non-hydrogen) atoms. The zero-order chi connectivity index (χ0) is 13.8. The van der Waals surface area contributed by atoms with Crippen molar-refractivity contribution < 1.29 is 17.9 Å². The maximum Gasteiger partial charge on any atom is 0.241 e. The summed E-state index contributed by atoms with van der Waals surface area (Å²) in [5.41, 5.74) is 0.678. The topological polar surface area (TPSA) is 64.6 Å². The van der Waals surface area contributed by atoms with Crippen LogP contribution >= 0.6 is 15.9 Å². The molecule has 0 fully saturated rings. The molecule has 0 aliphatic carbocycles. The normalized spacial score (nSPS) is 12.1. The molecule has 1 N–H and O–H groups in total. The van der Waals surface area contributed by atoms with Gasteiger partial charge in [-0.1, -0.05) is 22.0 Å². The average Bonchev–Trinajstić information content (AvgIpc) is 2.33. The Morgan fingerprint density at radius 3 is 2.50 bits per heavy atom. The van der Waals surface area contributed by atoms with Crippen LogP contribution in [0.4, 0.5) is 0 Å². The number of hydrogen-bond acceptors (Lipinski definition) is 4. The lowest BCUT2D eigenvalue weighted by Gasteiger charge is -2.15. The number of nitrogens with one attached hydrogen (secondary N) is 1. The molecule has 102 valence electrons. The summed E-state index contributed by atoms with van der Waals surface area (Å²) in [6.07, 6.45) is -0.604. The number of aryl methyl sites for hydroxylation is 1. The van der Waals surface area contributed by atoms with Gasteiger partial charge in [0.1, 0.15) is 0 Å². The van der Waals surface area contributed by atoms with Crippen molar-refractivity contribution in [2.24, 2.45) is 0 Å². The molecule has 0 heterocycles. The molecule has 0 atom stereocenters. The highest BCUT2D eigenvalue weighted by Crippen LogP contribution is 2.20. The molecule has 0 radical (unpaired) electrons. The monoisotopic (exact) mass is 337 g/mol. The van der Waals surface area contributed by atoms with E-state index < -0.39 is 16.3 Å². The van der Waals surface area contributed by atoms with Gasteiger partial charge in [-0.2, -0.15) is 0 Å². The number of ether oxygens (including phenoxy) is 2. The zero-order valence-electron chi connectivity index (χ0n) is 10.4. The van der Waals surface area contributed by atoms with Crippen LogP contribution in [0.3, 0.4) is 0 Å². The molecule has 0 saturated heterocycles. The van der Waals surface area contributed by atoms with E-state index >= 15 is 0 Å². The van der Waals surface area contributed by atoms with Crippen LogP contribution in [-0.2, 0) is 19.5 Å². The van der Waals surface area contributed by atoms with Gasteiger partial charge in [-0.05, 0) is 24.6 Å². The van der Waals surface area contributed by atoms with Crippen molar-refractivity contribution in [1.29, 1.82) is 0 Å². The summed E-state index contributed by atoms with van der Waals surface area (Å²) in [7, 11) is -0.666. The fraction of sp³-hybridized carbons (Fsp3) is 0.455. The van der Waals surface area contributed by atoms with E-state index in [2.05, 4.69) is 20.7 Å². The van der Waals surface area contributed by atoms with Gasteiger partial charge in [0.2, 0.25) is 10.0 Å². The Balaban J connectivity index is 2.89. The van der Waals surface area contributed by atoms with Crippen molar-refractivity contribution in [3.63, 3.8) is 0 Å². The van der Waals surface area contributed by atoms with Gasteiger partial charge in [0.25, 0.3) is 0 Å². The molecular weight excluding hydrogens is 322 g/mol. The summed E-state index contributed by atoms with van der Waals surface area (Å²) < 4.78 is 37.2. The van der Waals surface area contributed by atoms with Crippen molar-refractivity contribution in [3.05, 3.63) is 28.2 Å². The van der Waals surface area contributed by atoms with E-state index in [-0.39, 0.29) is 11.4 Å². The molecule has 1 aromatic carbocycles. The molecule has 0 unspecified atom stereocenters. The summed E-state index contributed by atoms with van der Waals surface area (Å²) in [6.45, 7) is 1.80. The molecule has 0 saturated carbocycles. The van der Waals surface area contributed by atoms with Crippen LogP contribution in [0.2, 0.25) is 0 Å². The van der Waals surface area contributed by atoms with E-state index in [4.69, 9.17) is 9.47 Å². The first-order chi connectivity index (χ1) is 8.40. The lowest BCUT2D eigenvalue weighted by Crippen LogP contribution is -2.34. The Kier molecular flexibility index (Phi) is 5.74. The fourth-order valence-corrected chi connectivity index (χ4v) is 3.18. The first kappa shape index (κ1) is 15.6. The number of benzene rings is 1. The number of methoxy groups -OCH3 is 2. The predicted octanol–water partition coefficient (Wildman–Crippen LogP) is 1.65. The summed E-state index contributed by atoms with van der Waals surface area (Å²) >= 11 is 3.25. The molecule has 0 aliphatic rings. The first-order valence-electron chi connectivity index (χ1n) is 5.22. The minimum Gasteiger partial charge on any atom is -0.355 e. The molecule has 0 aliphatic heterocycles. The van der Waals surface area contributed by atoms with Crippen LogP contribution in [0.1, 0.15) is 5.56 Å². The van der Waals surface area contributed by atoms with E-state index in [1.165, 1.54) is 14.2 Å². The van der Waals surface area contributed by atoms with Crippen molar-refractivity contribution in [2.45, 2.75) is 18.1 Å². The van der Waals surface area contributed by atoms with Gasteiger partial charge in [-0.15, -0.1) is 0 Å². The second-order valence-electron chi connectivity index (χ2n) is 3.66. The summed E-state index contributed by atoms with van der Waals surface area (Å²) in [5, 5.41) is 0. The minimum atomic E-state index is -3.57. The van der Waals surface area contributed by atoms with Gasteiger partial charge in [0.15, 0.2) is 6.29 Å². The highest BCUT2D eigenvalue weighted by Gasteiger charge is 2.18. The Hall–Kier alpha value is -0.470. The summed E-state index contributed by atoms with van der Waals surface area (Å²) in [5.74, 6) is 0. The highest BCUT2D eigenvalue weighted by atomic mass is 79.9. The quantitative estimate of drug-likeness (QED) is 0.801. The van der Waals surface area contributed by atoms with Crippen molar-refractivity contribution in [1.82, 2.24) is 4.72 Å². The molecule has 0 bridgehead atoms. The maximum absolute atomic E-state index is 12.1. The molecule has 5 nitrogen and oxygen atoms in total. The SMILES string of the molecule is COC(CNS(=O)(=O)c1cc(Br)ccc1C)OC. The lowest BCUT2D eigenvalue weighted by atomic mass is 10.2. The van der Waals surface area contributed by atoms with E-state index in [9.17, 15) is 8.42 Å². The van der Waals surface area contributed by atoms with Crippen LogP contribution < -0.4 is 4.72 Å². The van der Waals surface area contributed by atoms with Crippen LogP contribution in [-0.4, -0.2) is 35.5 Å². The van der Waals surface area contributed by atoms with E-state index in [1.807, 2.05) is 0 Å². The molecule has 1 aromatic rings. The van der Waals surface area contributed by atoms with E-state index in [0.717, 1.165) is 0 Å². The second kappa shape index (κ2) is 6.63. The fourth-order valence-electron chi connectivity index (χ4n) is 1.38. The average molecular weight is 338 g/mol. The predicted molar refractivity (Wildman–Crippen MR) is 71.9 cm³/mol. The van der Waals surface area contributed by atoms with Crippen LogP contribution in [0.15, 0.2) is 27.6 Å². The Bertz CT molecular complexity index is 500. The highest BCUT2D eigenvalue weighted by molar-refractivity contribution is 9.10. The smallest absolute Gasteiger partial charge is 0.241 e. The largest absolute Gasteiger partial charge is 0.355 e. The van der Waals surface area contributed by atoms with Gasteiger partial charge in [-0.3, -0.25) is 0 Å². The van der Waals surface area contributed by atoms with Gasteiger partial charge in [-0.25, -0.2) is 13.1 Å². The molecule has 0 amide bonds.